The molecule has 0 unspecified atom stereocenters. The van der Waals surface area contributed by atoms with E-state index in [-0.39, 0.29) is 0 Å². The maximum absolute atomic E-state index is 10.2. The zero-order chi connectivity index (χ0) is 12.7. The minimum absolute atomic E-state index is 0.331. The van der Waals surface area contributed by atoms with Crippen molar-refractivity contribution in [3.8, 4) is 0 Å². The van der Waals surface area contributed by atoms with Gasteiger partial charge in [-0.3, -0.25) is 0 Å². The summed E-state index contributed by atoms with van der Waals surface area (Å²) in [4.78, 5) is 13.9. The van der Waals surface area contributed by atoms with E-state index in [1.165, 1.54) is 6.20 Å². The van der Waals surface area contributed by atoms with Crippen molar-refractivity contribution in [2.24, 2.45) is 0 Å². The lowest BCUT2D eigenvalue weighted by Gasteiger charge is -1.88. The maximum atomic E-state index is 10.2. The molecule has 0 aliphatic rings. The van der Waals surface area contributed by atoms with Gasteiger partial charge in [-0.1, -0.05) is 29.8 Å². The Morgan fingerprint density at radius 1 is 1.18 bits per heavy atom. The number of rotatable bonds is 1. The Balaban J connectivity index is 0.000000171. The van der Waals surface area contributed by atoms with Gasteiger partial charge in [0, 0.05) is 6.20 Å². The molecule has 0 aliphatic heterocycles. The lowest BCUT2D eigenvalue weighted by atomic mass is 10.2. The number of nitrogens with zero attached hydrogens (tertiary/aromatic N) is 1. The van der Waals surface area contributed by atoms with Crippen LogP contribution in [0.25, 0.3) is 0 Å². The second kappa shape index (κ2) is 6.50. The summed E-state index contributed by atoms with van der Waals surface area (Å²) in [5.74, 6) is -0.384. The summed E-state index contributed by atoms with van der Waals surface area (Å²) in [5, 5.41) is 9.00. The van der Waals surface area contributed by atoms with Crippen LogP contribution in [0, 0.1) is 0 Å². The number of carboxylic acid groups (broad SMARTS) is 1. The van der Waals surface area contributed by atoms with Crippen LogP contribution in [0.5, 0.6) is 0 Å². The van der Waals surface area contributed by atoms with Crippen molar-refractivity contribution in [2.45, 2.75) is 0 Å². The van der Waals surface area contributed by atoms with Gasteiger partial charge in [0.1, 0.15) is 5.82 Å². The minimum atomic E-state index is -0.879. The number of hydrogen-bond donors (Lipinski definition) is 2. The van der Waals surface area contributed by atoms with Crippen molar-refractivity contribution in [3.05, 3.63) is 59.2 Å². The van der Waals surface area contributed by atoms with Crippen molar-refractivity contribution < 1.29 is 9.90 Å². The molecule has 0 spiro atoms. The average Bonchev–Trinajstić information content (AvgIpc) is 2.35. The number of halogens is 1. The monoisotopic (exact) mass is 250 g/mol. The van der Waals surface area contributed by atoms with Crippen molar-refractivity contribution >= 4 is 23.4 Å². The van der Waals surface area contributed by atoms with Crippen LogP contribution in [0.15, 0.2) is 48.7 Å². The number of nitrogens with two attached hydrogens (primary N) is 1. The number of carboxylic acids is 1. The van der Waals surface area contributed by atoms with Crippen LogP contribution < -0.4 is 5.73 Å². The van der Waals surface area contributed by atoms with Crippen molar-refractivity contribution in [1.82, 2.24) is 4.98 Å². The zero-order valence-corrected chi connectivity index (χ0v) is 9.63. The Bertz CT molecular complexity index is 451. The van der Waals surface area contributed by atoms with E-state index in [1.54, 1.807) is 42.5 Å². The van der Waals surface area contributed by atoms with Crippen LogP contribution >= 0.6 is 11.6 Å². The lowest BCUT2D eigenvalue weighted by Crippen LogP contribution is -1.93. The standard InChI is InChI=1S/C7H6O2.C5H5ClN2/c8-7(9)6-4-2-1-3-5-6;6-4-1-2-5(7)8-3-4/h1-5H,(H,8,9);1-3H,(H2,7,8). The van der Waals surface area contributed by atoms with E-state index in [2.05, 4.69) is 4.98 Å². The fourth-order valence-electron chi connectivity index (χ4n) is 0.968. The number of anilines is 1. The predicted octanol–water partition coefficient (Wildman–Crippen LogP) is 2.70. The van der Waals surface area contributed by atoms with Crippen LogP contribution in [0.2, 0.25) is 5.02 Å². The van der Waals surface area contributed by atoms with Gasteiger partial charge in [-0.05, 0) is 24.3 Å². The normalized spacial score (nSPS) is 9.00. The number of carbonyl (C=O) groups is 1. The largest absolute Gasteiger partial charge is 0.478 e. The SMILES string of the molecule is Nc1ccc(Cl)cn1.O=C(O)c1ccccc1. The number of nitrogen functional groups attached to an aromatic ring is 1. The molecule has 0 saturated heterocycles. The molecule has 17 heavy (non-hydrogen) atoms. The Hall–Kier alpha value is -2.07. The molecule has 2 rings (SSSR count). The second-order valence-electron chi connectivity index (χ2n) is 3.07. The molecule has 4 nitrogen and oxygen atoms in total. The highest BCUT2D eigenvalue weighted by atomic mass is 35.5. The summed E-state index contributed by atoms with van der Waals surface area (Å²) in [6.07, 6.45) is 1.51. The summed E-state index contributed by atoms with van der Waals surface area (Å²) >= 11 is 5.49. The van der Waals surface area contributed by atoms with E-state index in [4.69, 9.17) is 22.4 Å². The molecule has 1 aromatic carbocycles. The highest BCUT2D eigenvalue weighted by Crippen LogP contribution is 2.05. The lowest BCUT2D eigenvalue weighted by molar-refractivity contribution is 0.0697. The summed E-state index contributed by atoms with van der Waals surface area (Å²) in [6.45, 7) is 0. The third-order valence-electron chi connectivity index (χ3n) is 1.77. The van der Waals surface area contributed by atoms with Gasteiger partial charge < -0.3 is 10.8 Å². The minimum Gasteiger partial charge on any atom is -0.478 e. The van der Waals surface area contributed by atoms with Crippen LogP contribution in [-0.2, 0) is 0 Å². The first-order valence-electron chi connectivity index (χ1n) is 4.75. The van der Waals surface area contributed by atoms with E-state index >= 15 is 0 Å². The second-order valence-corrected chi connectivity index (χ2v) is 3.51. The van der Waals surface area contributed by atoms with Gasteiger partial charge in [-0.15, -0.1) is 0 Å². The van der Waals surface area contributed by atoms with E-state index < -0.39 is 5.97 Å². The Labute approximate surface area is 104 Å². The van der Waals surface area contributed by atoms with Gasteiger partial charge in [0.15, 0.2) is 0 Å². The van der Waals surface area contributed by atoms with E-state index in [0.717, 1.165) is 0 Å². The topological polar surface area (TPSA) is 76.2 Å². The molecular weight excluding hydrogens is 240 g/mol. The first kappa shape index (κ1) is 13.0. The number of aromatic carboxylic acids is 1. The van der Waals surface area contributed by atoms with Gasteiger partial charge >= 0.3 is 5.97 Å². The molecule has 5 heteroatoms. The van der Waals surface area contributed by atoms with Gasteiger partial charge in [0.25, 0.3) is 0 Å². The summed E-state index contributed by atoms with van der Waals surface area (Å²) in [5.41, 5.74) is 5.59. The molecule has 0 fully saturated rings. The molecule has 1 heterocycles. The molecule has 3 N–H and O–H groups in total. The van der Waals surface area contributed by atoms with E-state index in [1.807, 2.05) is 0 Å². The molecule has 1 aromatic heterocycles. The van der Waals surface area contributed by atoms with Crippen molar-refractivity contribution in [1.29, 1.82) is 0 Å². The third kappa shape index (κ3) is 4.99. The number of benzene rings is 1. The quantitative estimate of drug-likeness (QED) is 0.816. The molecule has 0 radical (unpaired) electrons. The van der Waals surface area contributed by atoms with Crippen LogP contribution in [0.3, 0.4) is 0 Å². The van der Waals surface area contributed by atoms with Crippen molar-refractivity contribution in [3.63, 3.8) is 0 Å². The Kier molecular flexibility index (Phi) is 4.97. The fourth-order valence-corrected chi connectivity index (χ4v) is 1.08. The summed E-state index contributed by atoms with van der Waals surface area (Å²) in [6, 6.07) is 11.6. The van der Waals surface area contributed by atoms with Crippen molar-refractivity contribution in [2.75, 3.05) is 5.73 Å². The highest BCUT2D eigenvalue weighted by Gasteiger charge is 1.96. The molecular formula is C12H11ClN2O2. The van der Waals surface area contributed by atoms with Gasteiger partial charge in [-0.2, -0.15) is 0 Å². The van der Waals surface area contributed by atoms with Crippen LogP contribution in [-0.4, -0.2) is 16.1 Å². The summed E-state index contributed by atoms with van der Waals surface area (Å²) in [7, 11) is 0. The fraction of sp³-hybridized carbons (Fsp3) is 0. The summed E-state index contributed by atoms with van der Waals surface area (Å²) < 4.78 is 0. The molecule has 88 valence electrons. The molecule has 0 amide bonds. The number of aromatic nitrogens is 1. The third-order valence-corrected chi connectivity index (χ3v) is 1.99. The maximum Gasteiger partial charge on any atom is 0.335 e. The first-order valence-corrected chi connectivity index (χ1v) is 5.13. The molecule has 0 bridgehead atoms. The van der Waals surface area contributed by atoms with Gasteiger partial charge in [-0.25, -0.2) is 9.78 Å². The average molecular weight is 251 g/mol. The highest BCUT2D eigenvalue weighted by molar-refractivity contribution is 6.30. The predicted molar refractivity (Wildman–Crippen MR) is 67.1 cm³/mol. The van der Waals surface area contributed by atoms with E-state index in [9.17, 15) is 4.79 Å². The molecule has 0 atom stereocenters. The zero-order valence-electron chi connectivity index (χ0n) is 8.88. The van der Waals surface area contributed by atoms with E-state index in [0.29, 0.717) is 16.4 Å². The van der Waals surface area contributed by atoms with Gasteiger partial charge in [0.2, 0.25) is 0 Å². The Morgan fingerprint density at radius 3 is 2.18 bits per heavy atom. The molecule has 0 saturated carbocycles. The number of hydrogen-bond acceptors (Lipinski definition) is 3. The smallest absolute Gasteiger partial charge is 0.335 e. The number of pyridine rings is 1. The first-order chi connectivity index (χ1) is 8.09. The van der Waals surface area contributed by atoms with Crippen LogP contribution in [0.4, 0.5) is 5.82 Å². The molecule has 0 aliphatic carbocycles. The molecule has 2 aromatic rings. The van der Waals surface area contributed by atoms with Gasteiger partial charge in [0.05, 0.1) is 10.6 Å². The van der Waals surface area contributed by atoms with Crippen LogP contribution in [0.1, 0.15) is 10.4 Å². The Morgan fingerprint density at radius 2 is 1.82 bits per heavy atom.